The van der Waals surface area contributed by atoms with Crippen molar-refractivity contribution in [2.75, 3.05) is 0 Å². The maximum atomic E-state index is 11.8. The molecule has 0 aliphatic heterocycles. The van der Waals surface area contributed by atoms with E-state index in [1.54, 1.807) is 19.1 Å². The van der Waals surface area contributed by atoms with Gasteiger partial charge < -0.3 is 15.2 Å². The number of carbonyl (C=O) groups excluding carboxylic acids is 1. The van der Waals surface area contributed by atoms with Crippen molar-refractivity contribution < 1.29 is 14.6 Å². The van der Waals surface area contributed by atoms with Crippen molar-refractivity contribution in [2.45, 2.75) is 39.5 Å². The summed E-state index contributed by atoms with van der Waals surface area (Å²) >= 11 is 6.74. The summed E-state index contributed by atoms with van der Waals surface area (Å²) in [6, 6.07) is 3.59. The standard InChI is InChI=1S/C13H17Br2NO3/c1-7(2)16-13(18)8(3)19-12-10(14)4-9(6-17)5-11(12)15/h4-5,7-8,17H,6H2,1-3H3,(H,16,18). The number of amides is 1. The van der Waals surface area contributed by atoms with Crippen LogP contribution in [0.1, 0.15) is 26.3 Å². The number of hydrogen-bond donors (Lipinski definition) is 2. The Labute approximate surface area is 129 Å². The van der Waals surface area contributed by atoms with E-state index in [0.29, 0.717) is 14.7 Å². The first-order valence-electron chi connectivity index (χ1n) is 5.91. The molecule has 0 aromatic heterocycles. The molecule has 106 valence electrons. The first-order valence-corrected chi connectivity index (χ1v) is 7.49. The summed E-state index contributed by atoms with van der Waals surface area (Å²) in [6.07, 6.45) is -0.602. The fraction of sp³-hybridized carbons (Fsp3) is 0.462. The topological polar surface area (TPSA) is 58.6 Å². The number of carbonyl (C=O) groups is 1. The van der Waals surface area contributed by atoms with Gasteiger partial charge in [-0.25, -0.2) is 0 Å². The second kappa shape index (κ2) is 7.26. The van der Waals surface area contributed by atoms with Gasteiger partial charge in [0.25, 0.3) is 5.91 Å². The lowest BCUT2D eigenvalue weighted by Gasteiger charge is -2.18. The number of halogens is 2. The van der Waals surface area contributed by atoms with Crippen LogP contribution in [-0.2, 0) is 11.4 Å². The third kappa shape index (κ3) is 4.78. The highest BCUT2D eigenvalue weighted by Gasteiger charge is 2.18. The van der Waals surface area contributed by atoms with Crippen LogP contribution in [0.4, 0.5) is 0 Å². The van der Waals surface area contributed by atoms with Crippen molar-refractivity contribution in [3.63, 3.8) is 0 Å². The van der Waals surface area contributed by atoms with Gasteiger partial charge in [-0.05, 0) is 70.3 Å². The third-order valence-corrected chi connectivity index (χ3v) is 3.51. The molecule has 0 radical (unpaired) electrons. The Hall–Kier alpha value is -0.590. The Bertz CT molecular complexity index is 440. The molecule has 6 heteroatoms. The largest absolute Gasteiger partial charge is 0.479 e. The van der Waals surface area contributed by atoms with Gasteiger partial charge in [-0.2, -0.15) is 0 Å². The quantitative estimate of drug-likeness (QED) is 0.806. The minimum absolute atomic E-state index is 0.0547. The van der Waals surface area contributed by atoms with Crippen LogP contribution in [0.15, 0.2) is 21.1 Å². The molecule has 2 N–H and O–H groups in total. The fourth-order valence-electron chi connectivity index (χ4n) is 1.45. The van der Waals surface area contributed by atoms with E-state index in [-0.39, 0.29) is 18.6 Å². The summed E-state index contributed by atoms with van der Waals surface area (Å²) in [5.74, 6) is 0.378. The molecule has 0 heterocycles. The average Bonchev–Trinajstić information content (AvgIpc) is 2.32. The van der Waals surface area contributed by atoms with Gasteiger partial charge in [0, 0.05) is 6.04 Å². The van der Waals surface area contributed by atoms with Gasteiger partial charge in [0.15, 0.2) is 6.10 Å². The molecule has 1 aromatic rings. The van der Waals surface area contributed by atoms with E-state index in [0.717, 1.165) is 5.56 Å². The first kappa shape index (κ1) is 16.5. The van der Waals surface area contributed by atoms with Crippen molar-refractivity contribution in [1.82, 2.24) is 5.32 Å². The number of ether oxygens (including phenoxy) is 1. The summed E-state index contributed by atoms with van der Waals surface area (Å²) in [4.78, 5) is 11.8. The summed E-state index contributed by atoms with van der Waals surface area (Å²) < 4.78 is 7.03. The van der Waals surface area contributed by atoms with E-state index < -0.39 is 6.10 Å². The van der Waals surface area contributed by atoms with Crippen LogP contribution < -0.4 is 10.1 Å². The Morgan fingerprint density at radius 2 is 1.84 bits per heavy atom. The summed E-state index contributed by atoms with van der Waals surface area (Å²) in [5, 5.41) is 11.9. The monoisotopic (exact) mass is 393 g/mol. The Balaban J connectivity index is 2.85. The van der Waals surface area contributed by atoms with Crippen LogP contribution in [-0.4, -0.2) is 23.2 Å². The SMILES string of the molecule is CC(C)NC(=O)C(C)Oc1c(Br)cc(CO)cc1Br. The van der Waals surface area contributed by atoms with Crippen molar-refractivity contribution >= 4 is 37.8 Å². The van der Waals surface area contributed by atoms with Crippen LogP contribution >= 0.6 is 31.9 Å². The maximum absolute atomic E-state index is 11.8. The first-order chi connectivity index (χ1) is 8.85. The van der Waals surface area contributed by atoms with E-state index in [2.05, 4.69) is 37.2 Å². The highest BCUT2D eigenvalue weighted by molar-refractivity contribution is 9.11. The summed E-state index contributed by atoms with van der Waals surface area (Å²) in [5.41, 5.74) is 0.755. The van der Waals surface area contributed by atoms with Gasteiger partial charge in [0.05, 0.1) is 15.6 Å². The predicted octanol–water partition coefficient (Wildman–Crippen LogP) is 3.00. The maximum Gasteiger partial charge on any atom is 0.260 e. The van der Waals surface area contributed by atoms with Gasteiger partial charge in [0.1, 0.15) is 5.75 Å². The lowest BCUT2D eigenvalue weighted by atomic mass is 10.2. The van der Waals surface area contributed by atoms with Gasteiger partial charge >= 0.3 is 0 Å². The Morgan fingerprint density at radius 1 is 1.32 bits per heavy atom. The molecule has 1 aromatic carbocycles. The molecule has 4 nitrogen and oxygen atoms in total. The number of aliphatic hydroxyl groups is 1. The van der Waals surface area contributed by atoms with Crippen LogP contribution in [0.5, 0.6) is 5.75 Å². The van der Waals surface area contributed by atoms with Crippen LogP contribution in [0.2, 0.25) is 0 Å². The average molecular weight is 395 g/mol. The normalized spacial score (nSPS) is 12.4. The Morgan fingerprint density at radius 3 is 2.26 bits per heavy atom. The van der Waals surface area contributed by atoms with Crippen molar-refractivity contribution in [3.05, 3.63) is 26.6 Å². The summed E-state index contributed by atoms with van der Waals surface area (Å²) in [7, 11) is 0. The number of aliphatic hydroxyl groups excluding tert-OH is 1. The number of nitrogens with one attached hydrogen (secondary N) is 1. The molecule has 19 heavy (non-hydrogen) atoms. The van der Waals surface area contributed by atoms with E-state index in [1.165, 1.54) is 0 Å². The molecule has 0 saturated carbocycles. The van der Waals surface area contributed by atoms with Crippen molar-refractivity contribution in [3.8, 4) is 5.75 Å². The highest BCUT2D eigenvalue weighted by atomic mass is 79.9. The molecule has 0 aliphatic carbocycles. The number of benzene rings is 1. The Kier molecular flexibility index (Phi) is 6.29. The predicted molar refractivity (Wildman–Crippen MR) is 81.1 cm³/mol. The molecule has 0 bridgehead atoms. The van der Waals surface area contributed by atoms with Gasteiger partial charge in [-0.15, -0.1) is 0 Å². The fourth-order valence-corrected chi connectivity index (χ4v) is 2.92. The second-order valence-electron chi connectivity index (χ2n) is 4.47. The van der Waals surface area contributed by atoms with E-state index in [1.807, 2.05) is 13.8 Å². The van der Waals surface area contributed by atoms with E-state index in [4.69, 9.17) is 9.84 Å². The lowest BCUT2D eigenvalue weighted by Crippen LogP contribution is -2.40. The zero-order valence-corrected chi connectivity index (χ0v) is 14.2. The van der Waals surface area contributed by atoms with Crippen LogP contribution in [0, 0.1) is 0 Å². The van der Waals surface area contributed by atoms with Crippen molar-refractivity contribution in [2.24, 2.45) is 0 Å². The molecule has 1 rings (SSSR count). The molecule has 0 spiro atoms. The van der Waals surface area contributed by atoms with E-state index in [9.17, 15) is 4.79 Å². The zero-order chi connectivity index (χ0) is 14.6. The molecule has 0 fully saturated rings. The molecular formula is C13H17Br2NO3. The smallest absolute Gasteiger partial charge is 0.260 e. The molecule has 1 amide bonds. The van der Waals surface area contributed by atoms with Gasteiger partial charge in [0.2, 0.25) is 0 Å². The van der Waals surface area contributed by atoms with Gasteiger partial charge in [-0.3, -0.25) is 4.79 Å². The third-order valence-electron chi connectivity index (χ3n) is 2.34. The van der Waals surface area contributed by atoms with Crippen LogP contribution in [0.3, 0.4) is 0 Å². The van der Waals surface area contributed by atoms with E-state index >= 15 is 0 Å². The minimum Gasteiger partial charge on any atom is -0.479 e. The zero-order valence-electron chi connectivity index (χ0n) is 11.0. The number of hydrogen-bond acceptors (Lipinski definition) is 3. The minimum atomic E-state index is -0.602. The molecular weight excluding hydrogens is 378 g/mol. The molecule has 0 aliphatic rings. The lowest BCUT2D eigenvalue weighted by molar-refractivity contribution is -0.127. The highest BCUT2D eigenvalue weighted by Crippen LogP contribution is 2.35. The molecule has 0 saturated heterocycles. The number of rotatable bonds is 5. The molecule has 1 unspecified atom stereocenters. The van der Waals surface area contributed by atoms with Crippen LogP contribution in [0.25, 0.3) is 0 Å². The molecule has 1 atom stereocenters. The second-order valence-corrected chi connectivity index (χ2v) is 6.18. The van der Waals surface area contributed by atoms with Gasteiger partial charge in [-0.1, -0.05) is 0 Å². The van der Waals surface area contributed by atoms with Crippen molar-refractivity contribution in [1.29, 1.82) is 0 Å². The summed E-state index contributed by atoms with van der Waals surface area (Å²) in [6.45, 7) is 5.43.